The molecule has 0 radical (unpaired) electrons. The lowest BCUT2D eigenvalue weighted by Gasteiger charge is -2.11. The zero-order chi connectivity index (χ0) is 15.2. The second kappa shape index (κ2) is 7.11. The molecule has 20 heavy (non-hydrogen) atoms. The molecule has 0 aliphatic carbocycles. The summed E-state index contributed by atoms with van der Waals surface area (Å²) >= 11 is 0. The van der Waals surface area contributed by atoms with Crippen molar-refractivity contribution in [3.05, 3.63) is 23.8 Å². The fraction of sp³-hybridized carbons (Fsp3) is 0.417. The number of carboxylic acids is 1. The Balaban J connectivity index is 2.82. The average Bonchev–Trinajstić information content (AvgIpc) is 2.37. The van der Waals surface area contributed by atoms with Crippen molar-refractivity contribution in [1.82, 2.24) is 4.72 Å². The van der Waals surface area contributed by atoms with Gasteiger partial charge in [-0.3, -0.25) is 4.79 Å². The summed E-state index contributed by atoms with van der Waals surface area (Å²) in [6.45, 7) is -0.149. The Bertz CT molecular complexity index is 569. The molecule has 1 aromatic rings. The van der Waals surface area contributed by atoms with E-state index in [9.17, 15) is 13.2 Å². The number of hydrogen-bond acceptors (Lipinski definition) is 5. The zero-order valence-corrected chi connectivity index (χ0v) is 12.1. The molecule has 0 atom stereocenters. The number of carbonyl (C=O) groups is 1. The molecule has 0 aliphatic heterocycles. The number of nitrogens with one attached hydrogen (secondary N) is 1. The second-order valence-electron chi connectivity index (χ2n) is 3.97. The molecule has 1 aromatic carbocycles. The predicted octanol–water partition coefficient (Wildman–Crippen LogP) is 0.598. The molecule has 0 saturated carbocycles. The smallest absolute Gasteiger partial charge is 0.304 e. The Morgan fingerprint density at radius 3 is 2.55 bits per heavy atom. The maximum Gasteiger partial charge on any atom is 0.304 e. The van der Waals surface area contributed by atoms with E-state index in [0.29, 0.717) is 17.1 Å². The van der Waals surface area contributed by atoms with Gasteiger partial charge in [0.15, 0.2) is 0 Å². The van der Waals surface area contributed by atoms with Gasteiger partial charge >= 0.3 is 5.97 Å². The van der Waals surface area contributed by atoms with E-state index < -0.39 is 16.0 Å². The van der Waals surface area contributed by atoms with Crippen LogP contribution in [-0.4, -0.2) is 40.3 Å². The van der Waals surface area contributed by atoms with Crippen molar-refractivity contribution in [2.45, 2.75) is 12.2 Å². The SMILES string of the molecule is COc1ccc(OC)c(CS(=O)(=O)NCCC(=O)O)c1. The number of carboxylic acid groups (broad SMARTS) is 1. The lowest BCUT2D eigenvalue weighted by Crippen LogP contribution is -2.27. The lowest BCUT2D eigenvalue weighted by atomic mass is 10.2. The summed E-state index contributed by atoms with van der Waals surface area (Å²) in [6.07, 6.45) is -0.269. The topological polar surface area (TPSA) is 102 Å². The molecule has 0 unspecified atom stereocenters. The molecule has 8 heteroatoms. The van der Waals surface area contributed by atoms with E-state index in [1.54, 1.807) is 18.2 Å². The summed E-state index contributed by atoms with van der Waals surface area (Å²) < 4.78 is 36.0. The van der Waals surface area contributed by atoms with Crippen LogP contribution in [0.2, 0.25) is 0 Å². The van der Waals surface area contributed by atoms with E-state index in [2.05, 4.69) is 4.72 Å². The number of ether oxygens (including phenoxy) is 2. The minimum Gasteiger partial charge on any atom is -0.497 e. The number of sulfonamides is 1. The van der Waals surface area contributed by atoms with Crippen molar-refractivity contribution >= 4 is 16.0 Å². The molecule has 0 aromatic heterocycles. The average molecular weight is 303 g/mol. The van der Waals surface area contributed by atoms with Crippen molar-refractivity contribution < 1.29 is 27.8 Å². The van der Waals surface area contributed by atoms with Crippen molar-refractivity contribution in [2.24, 2.45) is 0 Å². The maximum absolute atomic E-state index is 11.8. The highest BCUT2D eigenvalue weighted by atomic mass is 32.2. The van der Waals surface area contributed by atoms with Crippen molar-refractivity contribution in [2.75, 3.05) is 20.8 Å². The minimum atomic E-state index is -3.64. The molecule has 2 N–H and O–H groups in total. The van der Waals surface area contributed by atoms with Gasteiger partial charge < -0.3 is 14.6 Å². The molecule has 0 amide bonds. The van der Waals surface area contributed by atoms with Gasteiger partial charge in [-0.15, -0.1) is 0 Å². The van der Waals surface area contributed by atoms with Crippen LogP contribution in [0.15, 0.2) is 18.2 Å². The maximum atomic E-state index is 11.8. The van der Waals surface area contributed by atoms with Gasteiger partial charge in [0.2, 0.25) is 10.0 Å². The van der Waals surface area contributed by atoms with Crippen LogP contribution in [-0.2, 0) is 20.6 Å². The summed E-state index contributed by atoms with van der Waals surface area (Å²) in [5.74, 6) is -0.435. The highest BCUT2D eigenvalue weighted by Crippen LogP contribution is 2.25. The standard InChI is InChI=1S/C12H17NO6S/c1-18-10-3-4-11(19-2)9(7-10)8-20(16,17)13-6-5-12(14)15/h3-4,7,13H,5-6,8H2,1-2H3,(H,14,15). The van der Waals surface area contributed by atoms with Crippen LogP contribution < -0.4 is 14.2 Å². The van der Waals surface area contributed by atoms with Crippen molar-refractivity contribution in [1.29, 1.82) is 0 Å². The third-order valence-electron chi connectivity index (χ3n) is 2.49. The van der Waals surface area contributed by atoms with Crippen LogP contribution in [0.3, 0.4) is 0 Å². The van der Waals surface area contributed by atoms with E-state index >= 15 is 0 Å². The Morgan fingerprint density at radius 1 is 1.30 bits per heavy atom. The first kappa shape index (κ1) is 16.3. The molecular weight excluding hydrogens is 286 g/mol. The van der Waals surface area contributed by atoms with Crippen LogP contribution >= 0.6 is 0 Å². The molecule has 1 rings (SSSR count). The van der Waals surface area contributed by atoms with E-state index in [-0.39, 0.29) is 18.7 Å². The van der Waals surface area contributed by atoms with Gasteiger partial charge in [0, 0.05) is 12.1 Å². The van der Waals surface area contributed by atoms with E-state index in [1.807, 2.05) is 0 Å². The summed E-state index contributed by atoms with van der Waals surface area (Å²) in [6, 6.07) is 4.84. The summed E-state index contributed by atoms with van der Waals surface area (Å²) in [7, 11) is -0.719. The van der Waals surface area contributed by atoms with Gasteiger partial charge in [0.1, 0.15) is 11.5 Å². The van der Waals surface area contributed by atoms with Crippen LogP contribution in [0.5, 0.6) is 11.5 Å². The number of rotatable bonds is 8. The largest absolute Gasteiger partial charge is 0.497 e. The molecule has 112 valence electrons. The minimum absolute atomic E-state index is 0.149. The summed E-state index contributed by atoms with van der Waals surface area (Å²) in [4.78, 5) is 10.4. The number of benzene rings is 1. The third kappa shape index (κ3) is 5.06. The Kier molecular flexibility index (Phi) is 5.78. The lowest BCUT2D eigenvalue weighted by molar-refractivity contribution is -0.136. The fourth-order valence-electron chi connectivity index (χ4n) is 1.56. The number of aliphatic carboxylic acids is 1. The Hall–Kier alpha value is -1.80. The quantitative estimate of drug-likeness (QED) is 0.729. The predicted molar refractivity (Wildman–Crippen MR) is 72.4 cm³/mol. The zero-order valence-electron chi connectivity index (χ0n) is 11.3. The van der Waals surface area contributed by atoms with Crippen LogP contribution in [0.1, 0.15) is 12.0 Å². The van der Waals surface area contributed by atoms with Crippen molar-refractivity contribution in [3.63, 3.8) is 0 Å². The molecule has 0 bridgehead atoms. The number of hydrogen-bond donors (Lipinski definition) is 2. The van der Waals surface area contributed by atoms with Crippen LogP contribution in [0.25, 0.3) is 0 Å². The molecule has 0 heterocycles. The number of methoxy groups -OCH3 is 2. The normalized spacial score (nSPS) is 11.1. The second-order valence-corrected chi connectivity index (χ2v) is 5.78. The van der Waals surface area contributed by atoms with Gasteiger partial charge in [-0.05, 0) is 18.2 Å². The summed E-state index contributed by atoms with van der Waals surface area (Å²) in [5, 5.41) is 8.48. The van der Waals surface area contributed by atoms with Crippen molar-refractivity contribution in [3.8, 4) is 11.5 Å². The molecule has 0 fully saturated rings. The van der Waals surface area contributed by atoms with Gasteiger partial charge in [-0.2, -0.15) is 0 Å². The summed E-state index contributed by atoms with van der Waals surface area (Å²) in [5.41, 5.74) is 0.440. The third-order valence-corrected chi connectivity index (χ3v) is 3.83. The van der Waals surface area contributed by atoms with E-state index in [0.717, 1.165) is 0 Å². The van der Waals surface area contributed by atoms with Gasteiger partial charge in [0.25, 0.3) is 0 Å². The monoisotopic (exact) mass is 303 g/mol. The molecule has 7 nitrogen and oxygen atoms in total. The molecular formula is C12H17NO6S. The first-order valence-electron chi connectivity index (χ1n) is 5.78. The Labute approximate surface area is 117 Å². The molecule has 0 spiro atoms. The van der Waals surface area contributed by atoms with E-state index in [1.165, 1.54) is 14.2 Å². The first-order chi connectivity index (χ1) is 9.38. The van der Waals surface area contributed by atoms with Gasteiger partial charge in [-0.1, -0.05) is 0 Å². The van der Waals surface area contributed by atoms with E-state index in [4.69, 9.17) is 14.6 Å². The first-order valence-corrected chi connectivity index (χ1v) is 7.43. The Morgan fingerprint density at radius 2 is 2.00 bits per heavy atom. The molecule has 0 aliphatic rings. The fourth-order valence-corrected chi connectivity index (χ4v) is 2.71. The molecule has 0 saturated heterocycles. The van der Waals surface area contributed by atoms with Crippen LogP contribution in [0, 0.1) is 0 Å². The highest BCUT2D eigenvalue weighted by molar-refractivity contribution is 7.88. The van der Waals surface area contributed by atoms with Crippen LogP contribution in [0.4, 0.5) is 0 Å². The van der Waals surface area contributed by atoms with Gasteiger partial charge in [-0.25, -0.2) is 13.1 Å². The highest BCUT2D eigenvalue weighted by Gasteiger charge is 2.16. The van der Waals surface area contributed by atoms with Gasteiger partial charge in [0.05, 0.1) is 26.4 Å².